The Bertz CT molecular complexity index is 470. The number of hydrogen-bond acceptors (Lipinski definition) is 2. The zero-order chi connectivity index (χ0) is 13.2. The lowest BCUT2D eigenvalue weighted by Gasteiger charge is -2.22. The number of nitrogens with one attached hydrogen (secondary N) is 1. The second-order valence-electron chi connectivity index (χ2n) is 4.38. The second kappa shape index (κ2) is 4.53. The number of aryl methyl sites for hydroxylation is 1. The molecule has 5 heteroatoms. The van der Waals surface area contributed by atoms with E-state index in [-0.39, 0.29) is 5.56 Å². The summed E-state index contributed by atoms with van der Waals surface area (Å²) in [5.74, 6) is -1.93. The van der Waals surface area contributed by atoms with E-state index in [1.54, 1.807) is 19.1 Å². The smallest absolute Gasteiger partial charge is 0.255 e. The lowest BCUT2D eigenvalue weighted by Crippen LogP contribution is -2.53. The molecule has 0 saturated heterocycles. The third-order valence-corrected chi connectivity index (χ3v) is 2.48. The van der Waals surface area contributed by atoms with Crippen molar-refractivity contribution in [1.29, 1.82) is 0 Å². The molecular formula is C12H15FN2O2. The summed E-state index contributed by atoms with van der Waals surface area (Å²) in [6, 6.07) is 4.49. The molecule has 92 valence electrons. The molecule has 0 heterocycles. The molecule has 0 unspecified atom stereocenters. The Morgan fingerprint density at radius 1 is 1.35 bits per heavy atom. The fourth-order valence-corrected chi connectivity index (χ4v) is 1.24. The summed E-state index contributed by atoms with van der Waals surface area (Å²) < 4.78 is 13.7. The van der Waals surface area contributed by atoms with Gasteiger partial charge in [0.2, 0.25) is 5.91 Å². The molecule has 0 bridgehead atoms. The number of halogens is 1. The number of rotatable bonds is 3. The van der Waals surface area contributed by atoms with Crippen LogP contribution in [-0.4, -0.2) is 17.4 Å². The molecule has 0 spiro atoms. The highest BCUT2D eigenvalue weighted by Crippen LogP contribution is 2.13. The minimum Gasteiger partial charge on any atom is -0.368 e. The first-order valence-corrected chi connectivity index (χ1v) is 5.13. The van der Waals surface area contributed by atoms with Crippen molar-refractivity contribution in [3.05, 3.63) is 35.1 Å². The highest BCUT2D eigenvalue weighted by atomic mass is 19.1. The SMILES string of the molecule is Cc1cccc(C(=O)NC(C)(C)C(N)=O)c1F. The van der Waals surface area contributed by atoms with Crippen LogP contribution in [0.1, 0.15) is 29.8 Å². The molecule has 0 aliphatic carbocycles. The molecule has 17 heavy (non-hydrogen) atoms. The molecule has 0 atom stereocenters. The quantitative estimate of drug-likeness (QED) is 0.828. The summed E-state index contributed by atoms with van der Waals surface area (Å²) >= 11 is 0. The van der Waals surface area contributed by atoms with Crippen molar-refractivity contribution < 1.29 is 14.0 Å². The Morgan fingerprint density at radius 3 is 2.47 bits per heavy atom. The molecule has 1 aromatic rings. The maximum atomic E-state index is 13.7. The van der Waals surface area contributed by atoms with Gasteiger partial charge < -0.3 is 11.1 Å². The van der Waals surface area contributed by atoms with E-state index in [0.717, 1.165) is 0 Å². The average Bonchev–Trinajstić information content (AvgIpc) is 2.21. The zero-order valence-electron chi connectivity index (χ0n) is 10.0. The van der Waals surface area contributed by atoms with Crippen molar-refractivity contribution in [2.75, 3.05) is 0 Å². The van der Waals surface area contributed by atoms with Gasteiger partial charge in [0.15, 0.2) is 0 Å². The summed E-state index contributed by atoms with van der Waals surface area (Å²) in [5.41, 5.74) is 4.17. The van der Waals surface area contributed by atoms with Crippen LogP contribution in [0, 0.1) is 12.7 Å². The number of hydrogen-bond donors (Lipinski definition) is 2. The monoisotopic (exact) mass is 238 g/mol. The van der Waals surface area contributed by atoms with Crippen LogP contribution in [0.5, 0.6) is 0 Å². The predicted molar refractivity (Wildman–Crippen MR) is 61.9 cm³/mol. The topological polar surface area (TPSA) is 72.2 Å². The minimum absolute atomic E-state index is 0.0978. The molecule has 1 aromatic carbocycles. The van der Waals surface area contributed by atoms with Crippen LogP contribution in [0.15, 0.2) is 18.2 Å². The van der Waals surface area contributed by atoms with Crippen LogP contribution in [0.2, 0.25) is 0 Å². The lowest BCUT2D eigenvalue weighted by molar-refractivity contribution is -0.122. The molecule has 0 aliphatic heterocycles. The van der Waals surface area contributed by atoms with Crippen LogP contribution >= 0.6 is 0 Å². The molecule has 0 aliphatic rings. The first-order chi connectivity index (χ1) is 7.75. The fraction of sp³-hybridized carbons (Fsp3) is 0.333. The fourth-order valence-electron chi connectivity index (χ4n) is 1.24. The summed E-state index contributed by atoms with van der Waals surface area (Å²) in [6.07, 6.45) is 0. The van der Waals surface area contributed by atoms with Gasteiger partial charge in [-0.1, -0.05) is 12.1 Å². The molecule has 3 N–H and O–H groups in total. The standard InChI is InChI=1S/C12H15FN2O2/c1-7-5-4-6-8(9(7)13)10(16)15-12(2,3)11(14)17/h4-6H,1-3H3,(H2,14,17)(H,15,16). The first-order valence-electron chi connectivity index (χ1n) is 5.13. The van der Waals surface area contributed by atoms with Crippen LogP contribution in [0.3, 0.4) is 0 Å². The van der Waals surface area contributed by atoms with Gasteiger partial charge in [-0.25, -0.2) is 4.39 Å². The van der Waals surface area contributed by atoms with Crippen LogP contribution in [0.25, 0.3) is 0 Å². The lowest BCUT2D eigenvalue weighted by atomic mass is 10.0. The van der Waals surface area contributed by atoms with Gasteiger partial charge in [0.1, 0.15) is 11.4 Å². The third kappa shape index (κ3) is 2.81. The van der Waals surface area contributed by atoms with Gasteiger partial charge in [0.25, 0.3) is 5.91 Å². The molecule has 0 fully saturated rings. The van der Waals surface area contributed by atoms with E-state index < -0.39 is 23.2 Å². The van der Waals surface area contributed by atoms with Gasteiger partial charge in [0, 0.05) is 0 Å². The summed E-state index contributed by atoms with van der Waals surface area (Å²) in [4.78, 5) is 22.8. The number of carbonyl (C=O) groups is 2. The van der Waals surface area contributed by atoms with Crippen molar-refractivity contribution >= 4 is 11.8 Å². The molecule has 0 saturated carbocycles. The largest absolute Gasteiger partial charge is 0.368 e. The van der Waals surface area contributed by atoms with Gasteiger partial charge in [-0.2, -0.15) is 0 Å². The molecular weight excluding hydrogens is 223 g/mol. The zero-order valence-corrected chi connectivity index (χ0v) is 10.0. The van der Waals surface area contributed by atoms with Gasteiger partial charge in [-0.3, -0.25) is 9.59 Å². The number of carbonyl (C=O) groups excluding carboxylic acids is 2. The van der Waals surface area contributed by atoms with Crippen molar-refractivity contribution in [2.24, 2.45) is 5.73 Å². The number of primary amides is 1. The van der Waals surface area contributed by atoms with E-state index >= 15 is 0 Å². The van der Waals surface area contributed by atoms with E-state index in [1.165, 1.54) is 19.9 Å². The predicted octanol–water partition coefficient (Wildman–Crippen LogP) is 1.13. The summed E-state index contributed by atoms with van der Waals surface area (Å²) in [7, 11) is 0. The van der Waals surface area contributed by atoms with E-state index in [4.69, 9.17) is 5.73 Å². The Balaban J connectivity index is 2.99. The normalized spacial score (nSPS) is 11.1. The van der Waals surface area contributed by atoms with E-state index in [9.17, 15) is 14.0 Å². The highest BCUT2D eigenvalue weighted by Gasteiger charge is 2.28. The van der Waals surface area contributed by atoms with Crippen molar-refractivity contribution in [2.45, 2.75) is 26.3 Å². The first kappa shape index (κ1) is 13.2. The molecule has 2 amide bonds. The number of amides is 2. The molecule has 1 rings (SSSR count). The number of nitrogens with two attached hydrogens (primary N) is 1. The highest BCUT2D eigenvalue weighted by molar-refractivity contribution is 5.98. The van der Waals surface area contributed by atoms with E-state index in [2.05, 4.69) is 5.32 Å². The minimum atomic E-state index is -1.22. The van der Waals surface area contributed by atoms with Crippen molar-refractivity contribution in [3.63, 3.8) is 0 Å². The summed E-state index contributed by atoms with van der Waals surface area (Å²) in [5, 5.41) is 2.39. The van der Waals surface area contributed by atoms with Crippen LogP contribution in [0.4, 0.5) is 4.39 Å². The average molecular weight is 238 g/mol. The maximum absolute atomic E-state index is 13.7. The molecule has 0 radical (unpaired) electrons. The van der Waals surface area contributed by atoms with Crippen molar-refractivity contribution in [1.82, 2.24) is 5.32 Å². The van der Waals surface area contributed by atoms with E-state index in [1.807, 2.05) is 0 Å². The Kier molecular flexibility index (Phi) is 3.50. The van der Waals surface area contributed by atoms with E-state index in [0.29, 0.717) is 5.56 Å². The Labute approximate surface area is 99.0 Å². The second-order valence-corrected chi connectivity index (χ2v) is 4.38. The number of benzene rings is 1. The third-order valence-electron chi connectivity index (χ3n) is 2.48. The van der Waals surface area contributed by atoms with Gasteiger partial charge in [-0.05, 0) is 32.4 Å². The van der Waals surface area contributed by atoms with Gasteiger partial charge in [0.05, 0.1) is 5.56 Å². The van der Waals surface area contributed by atoms with Gasteiger partial charge >= 0.3 is 0 Å². The van der Waals surface area contributed by atoms with Crippen molar-refractivity contribution in [3.8, 4) is 0 Å². The molecule has 4 nitrogen and oxygen atoms in total. The summed E-state index contributed by atoms with van der Waals surface area (Å²) in [6.45, 7) is 4.48. The van der Waals surface area contributed by atoms with Gasteiger partial charge in [-0.15, -0.1) is 0 Å². The molecule has 0 aromatic heterocycles. The Hall–Kier alpha value is -1.91. The van der Waals surface area contributed by atoms with Crippen LogP contribution in [-0.2, 0) is 4.79 Å². The van der Waals surface area contributed by atoms with Crippen LogP contribution < -0.4 is 11.1 Å². The maximum Gasteiger partial charge on any atom is 0.255 e. The Morgan fingerprint density at radius 2 is 1.94 bits per heavy atom.